The molecule has 0 unspecified atom stereocenters. The molecule has 11 heteroatoms. The van der Waals surface area contributed by atoms with Gasteiger partial charge in [-0.2, -0.15) is 8.61 Å². The maximum atomic E-state index is 13.1. The lowest BCUT2D eigenvalue weighted by atomic mass is 10.3. The molecule has 0 saturated carbocycles. The van der Waals surface area contributed by atoms with Crippen molar-refractivity contribution in [2.24, 2.45) is 0 Å². The van der Waals surface area contributed by atoms with Crippen LogP contribution in [0.1, 0.15) is 13.3 Å². The zero-order valence-corrected chi connectivity index (χ0v) is 16.5. The number of hydrogen-bond acceptors (Lipinski definition) is 6. The summed E-state index contributed by atoms with van der Waals surface area (Å²) in [7, 11) is -7.52. The molecule has 2 heterocycles. The third-order valence-corrected chi connectivity index (χ3v) is 8.03. The summed E-state index contributed by atoms with van der Waals surface area (Å²) in [5, 5.41) is 0.000462. The molecule has 1 aliphatic rings. The van der Waals surface area contributed by atoms with Crippen LogP contribution < -0.4 is 4.74 Å². The van der Waals surface area contributed by atoms with E-state index in [1.54, 1.807) is 25.1 Å². The van der Waals surface area contributed by atoms with Gasteiger partial charge in [-0.25, -0.2) is 21.8 Å². The van der Waals surface area contributed by atoms with E-state index in [-0.39, 0.29) is 36.1 Å². The van der Waals surface area contributed by atoms with E-state index >= 15 is 0 Å². The highest BCUT2D eigenvalue weighted by atomic mass is 32.2. The number of imidazole rings is 1. The van der Waals surface area contributed by atoms with Crippen molar-refractivity contribution in [1.29, 1.82) is 0 Å². The maximum absolute atomic E-state index is 13.1. The van der Waals surface area contributed by atoms with Crippen LogP contribution in [0.25, 0.3) is 0 Å². The van der Waals surface area contributed by atoms with E-state index in [2.05, 4.69) is 9.97 Å². The Balaban J connectivity index is 1.82. The minimum absolute atomic E-state index is 0.000462. The number of rotatable bonds is 6. The second kappa shape index (κ2) is 7.97. The van der Waals surface area contributed by atoms with Gasteiger partial charge in [0.05, 0.1) is 19.1 Å². The number of sulfonamides is 2. The topological polar surface area (TPSA) is 113 Å². The zero-order chi connectivity index (χ0) is 19.5. The smallest absolute Gasteiger partial charge is 0.260 e. The van der Waals surface area contributed by atoms with E-state index in [0.29, 0.717) is 18.8 Å². The largest absolute Gasteiger partial charge is 0.492 e. The molecule has 0 radical (unpaired) electrons. The molecule has 27 heavy (non-hydrogen) atoms. The van der Waals surface area contributed by atoms with E-state index in [4.69, 9.17) is 4.74 Å². The van der Waals surface area contributed by atoms with Gasteiger partial charge in [0.1, 0.15) is 10.6 Å². The van der Waals surface area contributed by atoms with Crippen molar-refractivity contribution in [3.63, 3.8) is 0 Å². The highest BCUT2D eigenvalue weighted by molar-refractivity contribution is 7.89. The molecule has 1 aromatic heterocycles. The Morgan fingerprint density at radius 2 is 1.70 bits per heavy atom. The van der Waals surface area contributed by atoms with Crippen molar-refractivity contribution in [2.75, 3.05) is 32.8 Å². The fourth-order valence-electron chi connectivity index (χ4n) is 2.95. The predicted octanol–water partition coefficient (Wildman–Crippen LogP) is 0.894. The summed E-state index contributed by atoms with van der Waals surface area (Å²) in [6, 6.07) is 6.47. The number of para-hydroxylation sites is 1. The monoisotopic (exact) mass is 414 g/mol. The van der Waals surface area contributed by atoms with Gasteiger partial charge in [-0.05, 0) is 25.5 Å². The van der Waals surface area contributed by atoms with Gasteiger partial charge in [-0.15, -0.1) is 0 Å². The summed E-state index contributed by atoms with van der Waals surface area (Å²) in [5.74, 6) is 0.297. The van der Waals surface area contributed by atoms with Crippen molar-refractivity contribution in [2.45, 2.75) is 23.3 Å². The second-order valence-electron chi connectivity index (χ2n) is 5.96. The minimum Gasteiger partial charge on any atom is -0.492 e. The molecule has 9 nitrogen and oxygen atoms in total. The summed E-state index contributed by atoms with van der Waals surface area (Å²) < 4.78 is 59.5. The highest BCUT2D eigenvalue weighted by Crippen LogP contribution is 2.27. The Morgan fingerprint density at radius 1 is 1.04 bits per heavy atom. The SMILES string of the molecule is CCOc1ccccc1S(=O)(=O)N1CCCN(S(=O)(=O)c2cnc[nH]2)CC1. The second-order valence-corrected chi connectivity index (χ2v) is 9.77. The van der Waals surface area contributed by atoms with Gasteiger partial charge >= 0.3 is 0 Å². The lowest BCUT2D eigenvalue weighted by Crippen LogP contribution is -2.37. The van der Waals surface area contributed by atoms with Crippen molar-refractivity contribution in [3.05, 3.63) is 36.8 Å². The molecule has 0 bridgehead atoms. The van der Waals surface area contributed by atoms with Crippen molar-refractivity contribution < 1.29 is 21.6 Å². The molecule has 1 saturated heterocycles. The van der Waals surface area contributed by atoms with Crippen molar-refractivity contribution >= 4 is 20.0 Å². The third-order valence-electron chi connectivity index (χ3n) is 4.27. The van der Waals surface area contributed by atoms with Crippen LogP contribution in [0, 0.1) is 0 Å². The van der Waals surface area contributed by atoms with Crippen molar-refractivity contribution in [1.82, 2.24) is 18.6 Å². The molecular weight excluding hydrogens is 392 g/mol. The molecule has 2 aromatic rings. The summed E-state index contributed by atoms with van der Waals surface area (Å²) in [6.07, 6.45) is 2.93. The number of hydrogen-bond donors (Lipinski definition) is 1. The molecule has 148 valence electrons. The molecule has 1 N–H and O–H groups in total. The van der Waals surface area contributed by atoms with Crippen LogP contribution >= 0.6 is 0 Å². The zero-order valence-electron chi connectivity index (χ0n) is 14.9. The van der Waals surface area contributed by atoms with Gasteiger partial charge in [0.25, 0.3) is 10.0 Å². The van der Waals surface area contributed by atoms with E-state index in [1.807, 2.05) is 0 Å². The summed E-state index contributed by atoms with van der Waals surface area (Å²) in [5.41, 5.74) is 0. The first-order valence-electron chi connectivity index (χ1n) is 8.58. The number of ether oxygens (including phenoxy) is 1. The van der Waals surface area contributed by atoms with E-state index in [0.717, 1.165) is 0 Å². The Morgan fingerprint density at radius 3 is 2.33 bits per heavy atom. The van der Waals surface area contributed by atoms with Crippen LogP contribution in [0.2, 0.25) is 0 Å². The normalized spacial score (nSPS) is 17.5. The lowest BCUT2D eigenvalue weighted by Gasteiger charge is -2.22. The van der Waals surface area contributed by atoms with Crippen LogP contribution in [0.3, 0.4) is 0 Å². The van der Waals surface area contributed by atoms with Gasteiger partial charge in [-0.1, -0.05) is 12.1 Å². The molecule has 1 fully saturated rings. The Labute approximate surface area is 159 Å². The van der Waals surface area contributed by atoms with Crippen molar-refractivity contribution in [3.8, 4) is 5.75 Å². The standard InChI is InChI=1S/C16H22N4O5S2/c1-2-25-14-6-3-4-7-15(14)26(21,22)19-8-5-9-20(11-10-19)27(23,24)16-12-17-13-18-16/h3-4,6-7,12-13H,2,5,8-11H2,1H3,(H,17,18). The van der Waals surface area contributed by atoms with Crippen LogP contribution in [0.5, 0.6) is 5.75 Å². The molecule has 3 rings (SSSR count). The first-order valence-corrected chi connectivity index (χ1v) is 11.5. The molecule has 0 aliphatic carbocycles. The number of nitrogens with one attached hydrogen (secondary N) is 1. The quantitative estimate of drug-likeness (QED) is 0.751. The van der Waals surface area contributed by atoms with Crippen LogP contribution in [-0.4, -0.2) is 68.2 Å². The highest BCUT2D eigenvalue weighted by Gasteiger charge is 2.33. The Bertz CT molecular complexity index is 974. The number of H-pyrrole nitrogens is 1. The van der Waals surface area contributed by atoms with Gasteiger partial charge in [0.2, 0.25) is 10.0 Å². The van der Waals surface area contributed by atoms with Gasteiger partial charge in [0.15, 0.2) is 5.03 Å². The molecule has 1 aliphatic heterocycles. The summed E-state index contributed by atoms with van der Waals surface area (Å²) in [4.78, 5) is 6.44. The van der Waals surface area contributed by atoms with E-state index in [9.17, 15) is 16.8 Å². The molecule has 0 atom stereocenters. The number of nitrogens with zero attached hydrogens (tertiary/aromatic N) is 3. The van der Waals surface area contributed by atoms with E-state index in [1.165, 1.54) is 27.2 Å². The van der Waals surface area contributed by atoms with Gasteiger partial charge in [-0.3, -0.25) is 0 Å². The van der Waals surface area contributed by atoms with Gasteiger partial charge in [0, 0.05) is 26.2 Å². The van der Waals surface area contributed by atoms with E-state index < -0.39 is 20.0 Å². The summed E-state index contributed by atoms with van der Waals surface area (Å²) >= 11 is 0. The first kappa shape index (κ1) is 19.8. The number of aromatic nitrogens is 2. The maximum Gasteiger partial charge on any atom is 0.260 e. The molecule has 1 aromatic carbocycles. The summed E-state index contributed by atoms with van der Waals surface area (Å²) in [6.45, 7) is 2.74. The lowest BCUT2D eigenvalue weighted by molar-refractivity contribution is 0.328. The average Bonchev–Trinajstić information content (AvgIpc) is 3.07. The number of aromatic amines is 1. The van der Waals surface area contributed by atoms with Crippen LogP contribution in [0.4, 0.5) is 0 Å². The fraction of sp³-hybridized carbons (Fsp3) is 0.438. The fourth-order valence-corrected chi connectivity index (χ4v) is 5.92. The van der Waals surface area contributed by atoms with Crippen LogP contribution in [-0.2, 0) is 20.0 Å². The van der Waals surface area contributed by atoms with Gasteiger partial charge < -0.3 is 9.72 Å². The Hall–Kier alpha value is -1.95. The Kier molecular flexibility index (Phi) is 5.84. The van der Waals surface area contributed by atoms with Crippen LogP contribution in [0.15, 0.2) is 46.7 Å². The minimum atomic E-state index is -3.79. The average molecular weight is 415 g/mol. The predicted molar refractivity (Wildman–Crippen MR) is 98.3 cm³/mol. The first-order chi connectivity index (χ1) is 12.9. The molecule has 0 spiro atoms. The third kappa shape index (κ3) is 4.00. The molecular formula is C16H22N4O5S2. The number of benzene rings is 1. The molecule has 0 amide bonds.